The molecule has 1 aliphatic rings. The fourth-order valence-electron chi connectivity index (χ4n) is 3.49. The van der Waals surface area contributed by atoms with Crippen LogP contribution in [0.2, 0.25) is 0 Å². The summed E-state index contributed by atoms with van der Waals surface area (Å²) in [6, 6.07) is 9.86. The van der Waals surface area contributed by atoms with Crippen LogP contribution in [0.1, 0.15) is 44.4 Å². The highest BCUT2D eigenvalue weighted by molar-refractivity contribution is 5.84. The molecule has 0 bridgehead atoms. The fourth-order valence-corrected chi connectivity index (χ4v) is 3.49. The van der Waals surface area contributed by atoms with Crippen molar-refractivity contribution in [2.75, 3.05) is 0 Å². The number of rotatable bonds is 3. The van der Waals surface area contributed by atoms with Crippen molar-refractivity contribution in [2.24, 2.45) is 0 Å². The Morgan fingerprint density at radius 2 is 1.96 bits per heavy atom. The van der Waals surface area contributed by atoms with Crippen molar-refractivity contribution < 1.29 is 4.52 Å². The van der Waals surface area contributed by atoms with E-state index in [0.29, 0.717) is 22.8 Å². The van der Waals surface area contributed by atoms with E-state index >= 15 is 0 Å². The van der Waals surface area contributed by atoms with Crippen molar-refractivity contribution in [2.45, 2.75) is 38.6 Å². The Hall–Kier alpha value is -2.89. The van der Waals surface area contributed by atoms with E-state index in [1.54, 1.807) is 6.33 Å². The van der Waals surface area contributed by atoms with Gasteiger partial charge in [0.2, 0.25) is 0 Å². The van der Waals surface area contributed by atoms with Crippen LogP contribution in [0, 0.1) is 0 Å². The number of hydrogen-bond donors (Lipinski definition) is 0. The Labute approximate surface area is 143 Å². The number of para-hydroxylation sites is 2. The van der Waals surface area contributed by atoms with Crippen molar-refractivity contribution in [1.82, 2.24) is 19.1 Å². The van der Waals surface area contributed by atoms with Gasteiger partial charge in [-0.2, -0.15) is 0 Å². The molecule has 3 heterocycles. The van der Waals surface area contributed by atoms with Crippen LogP contribution in [0.4, 0.5) is 0 Å². The first-order chi connectivity index (χ1) is 12.1. The van der Waals surface area contributed by atoms with Crippen molar-refractivity contribution in [3.05, 3.63) is 52.8 Å². The molecule has 5 rings (SSSR count). The van der Waals surface area contributed by atoms with Crippen LogP contribution in [0.15, 0.2) is 46.0 Å². The van der Waals surface area contributed by atoms with Crippen LogP contribution in [0.3, 0.4) is 0 Å². The minimum Gasteiger partial charge on any atom is -0.360 e. The van der Waals surface area contributed by atoms with Gasteiger partial charge in [0.25, 0.3) is 5.56 Å². The van der Waals surface area contributed by atoms with Gasteiger partial charge in [-0.1, -0.05) is 17.3 Å². The zero-order valence-corrected chi connectivity index (χ0v) is 14.1. The maximum atomic E-state index is 13.2. The molecule has 6 nitrogen and oxygen atoms in total. The van der Waals surface area contributed by atoms with Gasteiger partial charge < -0.3 is 9.09 Å². The highest BCUT2D eigenvalue weighted by Gasteiger charge is 2.29. The molecule has 1 aromatic carbocycles. The molecule has 0 saturated heterocycles. The van der Waals surface area contributed by atoms with E-state index in [0.717, 1.165) is 29.6 Å². The standard InChI is InChI=1S/C19H18N4O2/c1-11(2)23-15-6-4-3-5-14(15)22-10-20-17(18(22)19(23)24)13-9-16(25-21-13)12-7-8-12/h3-6,9-12H,7-8H2,1-2H3. The summed E-state index contributed by atoms with van der Waals surface area (Å²) in [7, 11) is 0. The molecule has 1 fully saturated rings. The largest absolute Gasteiger partial charge is 0.360 e. The molecule has 0 aliphatic heterocycles. The van der Waals surface area contributed by atoms with Gasteiger partial charge in [-0.05, 0) is 38.8 Å². The van der Waals surface area contributed by atoms with Crippen LogP contribution in [0.5, 0.6) is 0 Å². The third-order valence-corrected chi connectivity index (χ3v) is 4.86. The van der Waals surface area contributed by atoms with Gasteiger partial charge in [-0.3, -0.25) is 9.20 Å². The molecule has 4 aromatic rings. The van der Waals surface area contributed by atoms with Crippen LogP contribution < -0.4 is 5.56 Å². The fraction of sp³-hybridized carbons (Fsp3) is 0.316. The number of hydrogen-bond acceptors (Lipinski definition) is 4. The van der Waals surface area contributed by atoms with E-state index in [2.05, 4.69) is 10.1 Å². The van der Waals surface area contributed by atoms with Gasteiger partial charge in [0.05, 0.1) is 11.0 Å². The SMILES string of the molecule is CC(C)n1c(=O)c2c(-c3cc(C4CC4)on3)ncn2c2ccccc21. The van der Waals surface area contributed by atoms with E-state index in [1.807, 2.05) is 53.1 Å². The predicted molar refractivity (Wildman–Crippen MR) is 94.8 cm³/mol. The highest BCUT2D eigenvalue weighted by atomic mass is 16.5. The minimum absolute atomic E-state index is 0.0458. The molecule has 0 N–H and O–H groups in total. The van der Waals surface area contributed by atoms with Crippen LogP contribution in [0.25, 0.3) is 27.9 Å². The first kappa shape index (κ1) is 14.5. The first-order valence-corrected chi connectivity index (χ1v) is 8.62. The average molecular weight is 334 g/mol. The van der Waals surface area contributed by atoms with E-state index in [-0.39, 0.29) is 11.6 Å². The zero-order chi connectivity index (χ0) is 17.1. The third kappa shape index (κ3) is 2.06. The lowest BCUT2D eigenvalue weighted by Gasteiger charge is -2.15. The highest BCUT2D eigenvalue weighted by Crippen LogP contribution is 2.41. The van der Waals surface area contributed by atoms with Gasteiger partial charge in [0.15, 0.2) is 0 Å². The molecule has 1 aliphatic carbocycles. The third-order valence-electron chi connectivity index (χ3n) is 4.86. The van der Waals surface area contributed by atoms with E-state index in [9.17, 15) is 4.79 Å². The second-order valence-corrected chi connectivity index (χ2v) is 6.96. The van der Waals surface area contributed by atoms with Crippen molar-refractivity contribution >= 4 is 16.6 Å². The normalized spacial score (nSPS) is 14.8. The Morgan fingerprint density at radius 3 is 2.68 bits per heavy atom. The first-order valence-electron chi connectivity index (χ1n) is 8.62. The predicted octanol–water partition coefficient (Wildman–Crippen LogP) is 3.76. The van der Waals surface area contributed by atoms with Gasteiger partial charge >= 0.3 is 0 Å². The molecule has 0 amide bonds. The lowest BCUT2D eigenvalue weighted by atomic mass is 10.2. The Morgan fingerprint density at radius 1 is 1.20 bits per heavy atom. The molecule has 0 spiro atoms. The van der Waals surface area contributed by atoms with E-state index in [4.69, 9.17) is 4.52 Å². The molecular formula is C19H18N4O2. The summed E-state index contributed by atoms with van der Waals surface area (Å²) < 4.78 is 9.13. The zero-order valence-electron chi connectivity index (χ0n) is 14.1. The topological polar surface area (TPSA) is 65.3 Å². The monoisotopic (exact) mass is 334 g/mol. The molecule has 126 valence electrons. The number of benzene rings is 1. The summed E-state index contributed by atoms with van der Waals surface area (Å²) in [4.78, 5) is 17.7. The number of nitrogens with zero attached hydrogens (tertiary/aromatic N) is 4. The smallest absolute Gasteiger partial charge is 0.277 e. The maximum Gasteiger partial charge on any atom is 0.277 e. The van der Waals surface area contributed by atoms with Gasteiger partial charge in [0.1, 0.15) is 29.0 Å². The summed E-state index contributed by atoms with van der Waals surface area (Å²) in [5, 5.41) is 4.17. The second-order valence-electron chi connectivity index (χ2n) is 6.96. The van der Waals surface area contributed by atoms with Crippen molar-refractivity contribution in [3.8, 4) is 11.4 Å². The molecule has 3 aromatic heterocycles. The summed E-state index contributed by atoms with van der Waals surface area (Å²) >= 11 is 0. The van der Waals surface area contributed by atoms with Crippen LogP contribution >= 0.6 is 0 Å². The lowest BCUT2D eigenvalue weighted by molar-refractivity contribution is 0.386. The average Bonchev–Trinajstić information content (AvgIpc) is 3.17. The molecule has 0 unspecified atom stereocenters. The Kier molecular flexibility index (Phi) is 2.92. The molecule has 25 heavy (non-hydrogen) atoms. The Balaban J connectivity index is 1.85. The number of fused-ring (bicyclic) bond motifs is 3. The van der Waals surface area contributed by atoms with Gasteiger partial charge in [0, 0.05) is 18.0 Å². The molecule has 0 atom stereocenters. The van der Waals surface area contributed by atoms with Crippen molar-refractivity contribution in [1.29, 1.82) is 0 Å². The summed E-state index contributed by atoms with van der Waals surface area (Å²) in [6.07, 6.45) is 3.98. The quantitative estimate of drug-likeness (QED) is 0.572. The number of imidazole rings is 1. The minimum atomic E-state index is -0.0582. The number of aromatic nitrogens is 4. The van der Waals surface area contributed by atoms with Crippen molar-refractivity contribution in [3.63, 3.8) is 0 Å². The second kappa shape index (κ2) is 5.05. The maximum absolute atomic E-state index is 13.2. The van der Waals surface area contributed by atoms with E-state index in [1.165, 1.54) is 0 Å². The van der Waals surface area contributed by atoms with Gasteiger partial charge in [-0.15, -0.1) is 0 Å². The lowest BCUT2D eigenvalue weighted by Crippen LogP contribution is -2.24. The van der Waals surface area contributed by atoms with Crippen LogP contribution in [-0.2, 0) is 0 Å². The Bertz CT molecular complexity index is 1160. The summed E-state index contributed by atoms with van der Waals surface area (Å²) in [5.41, 5.74) is 3.56. The molecule has 6 heteroatoms. The molecular weight excluding hydrogens is 316 g/mol. The molecule has 1 saturated carbocycles. The molecule has 0 radical (unpaired) electrons. The van der Waals surface area contributed by atoms with E-state index < -0.39 is 0 Å². The summed E-state index contributed by atoms with van der Waals surface area (Å²) in [5.74, 6) is 1.37. The summed E-state index contributed by atoms with van der Waals surface area (Å²) in [6.45, 7) is 4.03. The van der Waals surface area contributed by atoms with Crippen LogP contribution in [-0.4, -0.2) is 19.1 Å². The van der Waals surface area contributed by atoms with Gasteiger partial charge in [-0.25, -0.2) is 4.98 Å².